The number of alkyl halides is 3. The second-order valence-electron chi connectivity index (χ2n) is 4.50. The van der Waals surface area contributed by atoms with Gasteiger partial charge in [-0.1, -0.05) is 37.6 Å². The highest BCUT2D eigenvalue weighted by molar-refractivity contribution is 5.30. The van der Waals surface area contributed by atoms with Gasteiger partial charge >= 0.3 is 6.18 Å². The van der Waals surface area contributed by atoms with Gasteiger partial charge in [-0.3, -0.25) is 0 Å². The van der Waals surface area contributed by atoms with Crippen molar-refractivity contribution in [2.75, 3.05) is 0 Å². The molecule has 0 fully saturated rings. The van der Waals surface area contributed by atoms with Crippen molar-refractivity contribution in [3.05, 3.63) is 35.4 Å². The molecule has 0 radical (unpaired) electrons. The van der Waals surface area contributed by atoms with Gasteiger partial charge in [0.2, 0.25) is 5.60 Å². The van der Waals surface area contributed by atoms with Crippen LogP contribution in [0.5, 0.6) is 0 Å². The summed E-state index contributed by atoms with van der Waals surface area (Å²) < 4.78 is 38.9. The molecule has 2 unspecified atom stereocenters. The van der Waals surface area contributed by atoms with Gasteiger partial charge in [0.25, 0.3) is 0 Å². The van der Waals surface area contributed by atoms with Crippen LogP contribution >= 0.6 is 0 Å². The second-order valence-corrected chi connectivity index (χ2v) is 4.50. The fourth-order valence-corrected chi connectivity index (χ4v) is 1.90. The van der Waals surface area contributed by atoms with E-state index in [4.69, 9.17) is 5.73 Å². The Morgan fingerprint density at radius 1 is 1.22 bits per heavy atom. The van der Waals surface area contributed by atoms with Crippen molar-refractivity contribution in [3.8, 4) is 0 Å². The molecule has 1 aromatic rings. The van der Waals surface area contributed by atoms with Crippen LogP contribution in [0.2, 0.25) is 0 Å². The third-order valence-corrected chi connectivity index (χ3v) is 3.02. The van der Waals surface area contributed by atoms with Crippen LogP contribution in [0, 0.1) is 0 Å². The Kier molecular flexibility index (Phi) is 4.40. The van der Waals surface area contributed by atoms with E-state index in [9.17, 15) is 18.3 Å². The van der Waals surface area contributed by atoms with E-state index in [0.29, 0.717) is 0 Å². The molecule has 0 bridgehead atoms. The molecule has 102 valence electrons. The van der Waals surface area contributed by atoms with Gasteiger partial charge in [0.05, 0.1) is 0 Å². The fourth-order valence-electron chi connectivity index (χ4n) is 1.90. The molecular formula is C13H18F3NO. The summed E-state index contributed by atoms with van der Waals surface area (Å²) in [6, 6.07) is 4.34. The third-order valence-electron chi connectivity index (χ3n) is 3.02. The van der Waals surface area contributed by atoms with Crippen molar-refractivity contribution in [1.82, 2.24) is 0 Å². The molecule has 0 aliphatic carbocycles. The van der Waals surface area contributed by atoms with Gasteiger partial charge in [0.15, 0.2) is 0 Å². The molecule has 0 heterocycles. The van der Waals surface area contributed by atoms with Gasteiger partial charge in [0.1, 0.15) is 0 Å². The molecule has 2 nitrogen and oxygen atoms in total. The molecule has 3 N–H and O–H groups in total. The van der Waals surface area contributed by atoms with Gasteiger partial charge in [-0.25, -0.2) is 0 Å². The number of hydrogen-bond donors (Lipinski definition) is 2. The lowest BCUT2D eigenvalue weighted by atomic mass is 9.86. The maximum Gasteiger partial charge on any atom is 0.422 e. The summed E-state index contributed by atoms with van der Waals surface area (Å²) in [5, 5.41) is 9.87. The minimum absolute atomic E-state index is 0.218. The summed E-state index contributed by atoms with van der Waals surface area (Å²) in [5.41, 5.74) is 3.04. The summed E-state index contributed by atoms with van der Waals surface area (Å²) in [5.74, 6) is 0. The summed E-state index contributed by atoms with van der Waals surface area (Å²) in [6.45, 7) is 3.13. The molecule has 5 heteroatoms. The predicted octanol–water partition coefficient (Wildman–Crippen LogP) is 2.74. The average Bonchev–Trinajstić information content (AvgIpc) is 2.27. The number of nitrogens with two attached hydrogens (primary N) is 1. The maximum atomic E-state index is 13.0. The first-order chi connectivity index (χ1) is 8.23. The van der Waals surface area contributed by atoms with E-state index in [1.807, 2.05) is 6.92 Å². The highest BCUT2D eigenvalue weighted by Crippen LogP contribution is 2.40. The summed E-state index contributed by atoms with van der Waals surface area (Å²) in [4.78, 5) is 0. The molecule has 0 spiro atoms. The Labute approximate surface area is 105 Å². The van der Waals surface area contributed by atoms with E-state index in [1.165, 1.54) is 12.1 Å². The van der Waals surface area contributed by atoms with Crippen LogP contribution in [-0.4, -0.2) is 17.3 Å². The van der Waals surface area contributed by atoms with Crippen LogP contribution in [0.25, 0.3) is 0 Å². The Morgan fingerprint density at radius 2 is 1.72 bits per heavy atom. The van der Waals surface area contributed by atoms with Gasteiger partial charge in [-0.15, -0.1) is 0 Å². The molecule has 1 rings (SSSR count). The summed E-state index contributed by atoms with van der Waals surface area (Å²) in [6.07, 6.45) is -3.09. The SMILES string of the molecule is CCCc1ccc(C(O)(C(C)N)C(F)(F)F)cc1. The number of halogens is 3. The molecule has 0 aliphatic heterocycles. The molecule has 0 saturated heterocycles. The standard InChI is InChI=1S/C13H18F3NO/c1-3-4-10-5-7-11(8-6-10)12(18,9(2)17)13(14,15)16/h5-9,18H,3-4,17H2,1-2H3. The Bertz CT molecular complexity index is 386. The minimum atomic E-state index is -4.80. The number of hydrogen-bond acceptors (Lipinski definition) is 2. The normalized spacial score (nSPS) is 17.3. The molecule has 0 amide bonds. The smallest absolute Gasteiger partial charge is 0.375 e. The molecule has 0 aromatic heterocycles. The van der Waals surface area contributed by atoms with Crippen molar-refractivity contribution in [3.63, 3.8) is 0 Å². The van der Waals surface area contributed by atoms with E-state index < -0.39 is 17.8 Å². The zero-order chi connectivity index (χ0) is 14.0. The highest BCUT2D eigenvalue weighted by Gasteiger charge is 2.57. The van der Waals surface area contributed by atoms with Crippen molar-refractivity contribution >= 4 is 0 Å². The van der Waals surface area contributed by atoms with Gasteiger partial charge in [0, 0.05) is 6.04 Å². The van der Waals surface area contributed by atoms with Crippen molar-refractivity contribution in [2.24, 2.45) is 5.73 Å². The zero-order valence-electron chi connectivity index (χ0n) is 10.5. The maximum absolute atomic E-state index is 13.0. The van der Waals surface area contributed by atoms with Gasteiger partial charge < -0.3 is 10.8 Å². The van der Waals surface area contributed by atoms with Crippen molar-refractivity contribution < 1.29 is 18.3 Å². The quantitative estimate of drug-likeness (QED) is 0.875. The fraction of sp³-hybridized carbons (Fsp3) is 0.538. The summed E-state index contributed by atoms with van der Waals surface area (Å²) in [7, 11) is 0. The van der Waals surface area contributed by atoms with Crippen LogP contribution < -0.4 is 5.73 Å². The number of rotatable bonds is 4. The first-order valence-corrected chi connectivity index (χ1v) is 5.87. The Balaban J connectivity index is 3.16. The molecule has 1 aromatic carbocycles. The van der Waals surface area contributed by atoms with E-state index in [2.05, 4.69) is 0 Å². The van der Waals surface area contributed by atoms with E-state index in [0.717, 1.165) is 25.3 Å². The van der Waals surface area contributed by atoms with E-state index in [1.54, 1.807) is 12.1 Å². The number of aliphatic hydroxyl groups is 1. The molecular weight excluding hydrogens is 243 g/mol. The topological polar surface area (TPSA) is 46.2 Å². The average molecular weight is 261 g/mol. The van der Waals surface area contributed by atoms with Crippen LogP contribution in [0.3, 0.4) is 0 Å². The molecule has 18 heavy (non-hydrogen) atoms. The van der Waals surface area contributed by atoms with Gasteiger partial charge in [-0.05, 0) is 24.5 Å². The van der Waals surface area contributed by atoms with Gasteiger partial charge in [-0.2, -0.15) is 13.2 Å². The van der Waals surface area contributed by atoms with Crippen LogP contribution in [0.15, 0.2) is 24.3 Å². The lowest BCUT2D eigenvalue weighted by Gasteiger charge is -2.34. The lowest BCUT2D eigenvalue weighted by Crippen LogP contribution is -2.54. The number of aryl methyl sites for hydroxylation is 1. The number of benzene rings is 1. The summed E-state index contributed by atoms with van der Waals surface area (Å²) >= 11 is 0. The molecule has 2 atom stereocenters. The van der Waals surface area contributed by atoms with E-state index >= 15 is 0 Å². The van der Waals surface area contributed by atoms with Crippen molar-refractivity contribution in [2.45, 2.75) is 44.5 Å². The van der Waals surface area contributed by atoms with Crippen LogP contribution in [0.4, 0.5) is 13.2 Å². The third kappa shape index (κ3) is 2.67. The molecule has 0 saturated carbocycles. The van der Waals surface area contributed by atoms with Crippen LogP contribution in [-0.2, 0) is 12.0 Å². The second kappa shape index (κ2) is 5.28. The highest BCUT2D eigenvalue weighted by atomic mass is 19.4. The van der Waals surface area contributed by atoms with Crippen molar-refractivity contribution in [1.29, 1.82) is 0 Å². The monoisotopic (exact) mass is 261 g/mol. The van der Waals surface area contributed by atoms with E-state index in [-0.39, 0.29) is 5.56 Å². The van der Waals surface area contributed by atoms with Crippen LogP contribution in [0.1, 0.15) is 31.4 Å². The first-order valence-electron chi connectivity index (χ1n) is 5.87. The Hall–Kier alpha value is -1.07. The lowest BCUT2D eigenvalue weighted by molar-refractivity contribution is -0.272. The first kappa shape index (κ1) is 15.0. The molecule has 0 aliphatic rings. The largest absolute Gasteiger partial charge is 0.422 e. The minimum Gasteiger partial charge on any atom is -0.375 e. The zero-order valence-corrected chi connectivity index (χ0v) is 10.5. The predicted molar refractivity (Wildman–Crippen MR) is 64.0 cm³/mol. The Morgan fingerprint density at radius 3 is 2.06 bits per heavy atom.